The number of hydrogen-bond donors (Lipinski definition) is 2. The maximum Gasteiger partial charge on any atom is 0.272 e. The van der Waals surface area contributed by atoms with Crippen LogP contribution in [0, 0.1) is 28.9 Å². The van der Waals surface area contributed by atoms with Gasteiger partial charge in [-0.05, 0) is 62.0 Å². The van der Waals surface area contributed by atoms with E-state index in [1.165, 1.54) is 17.1 Å². The molecule has 2 saturated carbocycles. The number of aromatic hydroxyl groups is 2. The lowest BCUT2D eigenvalue weighted by molar-refractivity contribution is -0.385. The highest BCUT2D eigenvalue weighted by atomic mass is 16.6. The van der Waals surface area contributed by atoms with Crippen molar-refractivity contribution < 1.29 is 15.1 Å². The highest BCUT2D eigenvalue weighted by molar-refractivity contribution is 5.60. The van der Waals surface area contributed by atoms with E-state index in [0.29, 0.717) is 34.9 Å². The summed E-state index contributed by atoms with van der Waals surface area (Å²) in [5.41, 5.74) is 2.94. The van der Waals surface area contributed by atoms with Crippen LogP contribution in [0.5, 0.6) is 11.8 Å². The van der Waals surface area contributed by atoms with Crippen LogP contribution in [0.15, 0.2) is 18.2 Å². The Balaban J connectivity index is 1.69. The molecule has 0 radical (unpaired) electrons. The Morgan fingerprint density at radius 1 is 1.12 bits per heavy atom. The molecule has 6 heteroatoms. The summed E-state index contributed by atoms with van der Waals surface area (Å²) >= 11 is 0. The smallest absolute Gasteiger partial charge is 0.272 e. The molecule has 2 fully saturated rings. The van der Waals surface area contributed by atoms with Crippen molar-refractivity contribution in [2.24, 2.45) is 11.8 Å². The van der Waals surface area contributed by atoms with Crippen LogP contribution >= 0.6 is 0 Å². The molecule has 124 valence electrons. The molecule has 1 heterocycles. The summed E-state index contributed by atoms with van der Waals surface area (Å²) in [4.78, 5) is 10.6. The van der Waals surface area contributed by atoms with Crippen molar-refractivity contribution in [1.29, 1.82) is 0 Å². The van der Waals surface area contributed by atoms with E-state index in [0.717, 1.165) is 24.0 Å². The van der Waals surface area contributed by atoms with Gasteiger partial charge in [-0.2, -0.15) is 0 Å². The third kappa shape index (κ3) is 1.56. The predicted molar refractivity (Wildman–Crippen MR) is 86.8 cm³/mol. The van der Waals surface area contributed by atoms with Crippen LogP contribution in [0.1, 0.15) is 47.8 Å². The number of aryl methyl sites for hydroxylation is 1. The topological polar surface area (TPSA) is 88.5 Å². The van der Waals surface area contributed by atoms with Crippen LogP contribution in [0.3, 0.4) is 0 Å². The normalized spacial score (nSPS) is 29.2. The minimum absolute atomic E-state index is 0.0379. The van der Waals surface area contributed by atoms with Gasteiger partial charge in [0.2, 0.25) is 11.8 Å². The van der Waals surface area contributed by atoms with Gasteiger partial charge in [-0.25, -0.2) is 0 Å². The maximum absolute atomic E-state index is 11.0. The molecular weight excluding hydrogens is 308 g/mol. The van der Waals surface area contributed by atoms with Crippen LogP contribution < -0.4 is 0 Å². The first-order valence-corrected chi connectivity index (χ1v) is 8.41. The lowest BCUT2D eigenvalue weighted by Crippen LogP contribution is -2.22. The molecule has 1 aromatic carbocycles. The number of benzene rings is 1. The summed E-state index contributed by atoms with van der Waals surface area (Å²) in [6.45, 7) is 1.66. The highest BCUT2D eigenvalue weighted by Crippen LogP contribution is 2.70. The Bertz CT molecular complexity index is 861. The Kier molecular flexibility index (Phi) is 2.50. The second kappa shape index (κ2) is 4.32. The second-order valence-corrected chi connectivity index (χ2v) is 7.39. The molecule has 0 spiro atoms. The minimum Gasteiger partial charge on any atom is -0.494 e. The van der Waals surface area contributed by atoms with Crippen molar-refractivity contribution in [3.63, 3.8) is 0 Å². The molecule has 4 atom stereocenters. The summed E-state index contributed by atoms with van der Waals surface area (Å²) in [5, 5.41) is 32.6. The number of nitro benzene ring substituents is 1. The van der Waals surface area contributed by atoms with Crippen LogP contribution in [0.2, 0.25) is 0 Å². The largest absolute Gasteiger partial charge is 0.494 e. The van der Waals surface area contributed by atoms with E-state index in [1.54, 1.807) is 19.1 Å². The van der Waals surface area contributed by atoms with Gasteiger partial charge in [0.15, 0.2) is 0 Å². The van der Waals surface area contributed by atoms with Crippen LogP contribution in [0.25, 0.3) is 5.69 Å². The SMILES string of the molecule is Cc1cc(-n2c(O)c3c(c2O)[C@@H]2CC[C@H]3[C@H]3C[C@H]32)ccc1[N+](=O)[O-]. The van der Waals surface area contributed by atoms with E-state index >= 15 is 0 Å². The van der Waals surface area contributed by atoms with E-state index in [-0.39, 0.29) is 17.4 Å². The summed E-state index contributed by atoms with van der Waals surface area (Å²) in [7, 11) is 0. The molecule has 2 bridgehead atoms. The highest BCUT2D eigenvalue weighted by Gasteiger charge is 2.58. The number of nitro groups is 1. The summed E-state index contributed by atoms with van der Waals surface area (Å²) < 4.78 is 1.46. The Hall–Kier alpha value is -2.50. The molecule has 0 amide bonds. The molecule has 2 aromatic rings. The van der Waals surface area contributed by atoms with E-state index in [9.17, 15) is 20.3 Å². The molecule has 4 aliphatic carbocycles. The number of rotatable bonds is 2. The number of fused-ring (bicyclic) bond motifs is 1. The van der Waals surface area contributed by atoms with Crippen molar-refractivity contribution in [2.45, 2.75) is 38.0 Å². The molecule has 4 aliphatic rings. The molecular formula is C18H18N2O4. The zero-order chi connectivity index (χ0) is 16.7. The Morgan fingerprint density at radius 3 is 2.21 bits per heavy atom. The Labute approximate surface area is 138 Å². The van der Waals surface area contributed by atoms with Gasteiger partial charge < -0.3 is 10.2 Å². The van der Waals surface area contributed by atoms with Gasteiger partial charge >= 0.3 is 0 Å². The first-order chi connectivity index (χ1) is 11.5. The monoisotopic (exact) mass is 326 g/mol. The van der Waals surface area contributed by atoms with E-state index in [1.807, 2.05) is 0 Å². The average molecular weight is 326 g/mol. The third-order valence-electron chi connectivity index (χ3n) is 6.29. The molecule has 0 aliphatic heterocycles. The lowest BCUT2D eigenvalue weighted by Gasteiger charge is -2.35. The number of nitrogens with zero attached hydrogens (tertiary/aromatic N) is 2. The van der Waals surface area contributed by atoms with Gasteiger partial charge in [-0.1, -0.05) is 0 Å². The summed E-state index contributed by atoms with van der Waals surface area (Å²) in [6, 6.07) is 4.65. The van der Waals surface area contributed by atoms with Gasteiger partial charge in [0.25, 0.3) is 5.69 Å². The fourth-order valence-corrected chi connectivity index (χ4v) is 5.21. The van der Waals surface area contributed by atoms with Gasteiger partial charge in [0.05, 0.1) is 10.6 Å². The fourth-order valence-electron chi connectivity index (χ4n) is 5.21. The van der Waals surface area contributed by atoms with Crippen LogP contribution in [-0.4, -0.2) is 19.7 Å². The number of aromatic nitrogens is 1. The van der Waals surface area contributed by atoms with Gasteiger partial charge in [-0.3, -0.25) is 14.7 Å². The van der Waals surface area contributed by atoms with Crippen molar-refractivity contribution in [3.8, 4) is 17.4 Å². The summed E-state index contributed by atoms with van der Waals surface area (Å²) in [6.07, 6.45) is 3.36. The van der Waals surface area contributed by atoms with Crippen molar-refractivity contribution in [1.82, 2.24) is 4.57 Å². The first-order valence-electron chi connectivity index (χ1n) is 8.41. The van der Waals surface area contributed by atoms with Crippen molar-refractivity contribution in [2.75, 3.05) is 0 Å². The summed E-state index contributed by atoms with van der Waals surface area (Å²) in [5.74, 6) is 2.24. The lowest BCUT2D eigenvalue weighted by atomic mass is 9.68. The quantitative estimate of drug-likeness (QED) is 0.650. The van der Waals surface area contributed by atoms with Crippen molar-refractivity contribution in [3.05, 3.63) is 45.0 Å². The predicted octanol–water partition coefficient (Wildman–Crippen LogP) is 3.72. The van der Waals surface area contributed by atoms with Gasteiger partial charge in [0, 0.05) is 22.8 Å². The average Bonchev–Trinajstić information content (AvgIpc) is 3.31. The van der Waals surface area contributed by atoms with E-state index < -0.39 is 4.92 Å². The molecule has 0 unspecified atom stereocenters. The van der Waals surface area contributed by atoms with E-state index in [4.69, 9.17) is 0 Å². The maximum atomic E-state index is 11.0. The molecule has 6 nitrogen and oxygen atoms in total. The van der Waals surface area contributed by atoms with Gasteiger partial charge in [0.1, 0.15) is 0 Å². The Morgan fingerprint density at radius 2 is 1.71 bits per heavy atom. The molecule has 6 rings (SSSR count). The number of hydrogen-bond acceptors (Lipinski definition) is 4. The van der Waals surface area contributed by atoms with Crippen LogP contribution in [-0.2, 0) is 0 Å². The van der Waals surface area contributed by atoms with Gasteiger partial charge in [-0.15, -0.1) is 0 Å². The molecule has 0 saturated heterocycles. The van der Waals surface area contributed by atoms with E-state index in [2.05, 4.69) is 0 Å². The standard InChI is InChI=1S/C18H18N2O4/c1-8-6-9(2-5-14(8)20(23)24)19-17(21)15-10-3-4-11(13-7-12(10)13)16(15)18(19)22/h2,5-6,10-13,21-22H,3-4,7H2,1H3/t10-,11+,12+,13-. The molecule has 1 aromatic heterocycles. The van der Waals surface area contributed by atoms with Crippen molar-refractivity contribution >= 4 is 5.69 Å². The third-order valence-corrected chi connectivity index (χ3v) is 6.29. The zero-order valence-corrected chi connectivity index (χ0v) is 13.3. The molecule has 24 heavy (non-hydrogen) atoms. The fraction of sp³-hybridized carbons (Fsp3) is 0.444. The zero-order valence-electron chi connectivity index (χ0n) is 13.3. The van der Waals surface area contributed by atoms with Crippen LogP contribution in [0.4, 0.5) is 5.69 Å². The molecule has 2 N–H and O–H groups in total. The minimum atomic E-state index is -0.423. The first kappa shape index (κ1) is 13.9. The second-order valence-electron chi connectivity index (χ2n) is 7.39.